The van der Waals surface area contributed by atoms with E-state index in [-0.39, 0.29) is 41.6 Å². The van der Waals surface area contributed by atoms with Crippen molar-refractivity contribution in [1.82, 2.24) is 4.90 Å². The lowest BCUT2D eigenvalue weighted by Crippen LogP contribution is -2.56. The van der Waals surface area contributed by atoms with E-state index in [0.717, 1.165) is 0 Å². The molecule has 3 aliphatic rings. The molecule has 2 bridgehead atoms. The molecule has 2 aromatic rings. The molecule has 3 unspecified atom stereocenters. The summed E-state index contributed by atoms with van der Waals surface area (Å²) in [6.45, 7) is 7.67. The number of nitrogens with zero attached hydrogens (tertiary/aromatic N) is 2. The number of hydrogen-bond acceptors (Lipinski definition) is 7. The first-order valence-electron chi connectivity index (χ1n) is 14.5. The normalized spacial score (nSPS) is 27.8. The Bertz CT molecular complexity index is 1360. The van der Waals surface area contributed by atoms with Gasteiger partial charge in [-0.15, -0.1) is 24.9 Å². The van der Waals surface area contributed by atoms with Crippen molar-refractivity contribution in [1.29, 1.82) is 0 Å². The monoisotopic (exact) mass is 668 g/mol. The number of carbonyl (C=O) groups excluding carboxylic acids is 3. The Kier molecular flexibility index (Phi) is 9.68. The van der Waals surface area contributed by atoms with Crippen LogP contribution in [0.5, 0.6) is 5.75 Å². The van der Waals surface area contributed by atoms with Gasteiger partial charge in [-0.2, -0.15) is 0 Å². The SMILES string of the molecule is C=CCCCOC(=O)[C@H]1[C@H]2C(=O)N([C@H](CO)c3ccccc3)C(C(=O)N(CC=C)c3ccc(OC)cc3)C23CC(Br)[C@@H]1S3. The number of rotatable bonds is 13. The molecule has 1 N–H and O–H groups in total. The molecule has 3 saturated heterocycles. The quantitative estimate of drug-likeness (QED) is 0.140. The van der Waals surface area contributed by atoms with Crippen LogP contribution in [0, 0.1) is 11.8 Å². The van der Waals surface area contributed by atoms with E-state index in [1.807, 2.05) is 30.3 Å². The van der Waals surface area contributed by atoms with Gasteiger partial charge in [0.05, 0.1) is 42.9 Å². The van der Waals surface area contributed by atoms with Crippen LogP contribution < -0.4 is 9.64 Å². The molecule has 1 spiro atoms. The lowest BCUT2D eigenvalue weighted by atomic mass is 9.71. The number of carbonyl (C=O) groups is 3. The molecule has 43 heavy (non-hydrogen) atoms. The van der Waals surface area contributed by atoms with E-state index in [9.17, 15) is 19.5 Å². The Balaban J connectivity index is 1.60. The molecule has 0 radical (unpaired) electrons. The maximum Gasteiger partial charge on any atom is 0.310 e. The highest BCUT2D eigenvalue weighted by atomic mass is 79.9. The van der Waals surface area contributed by atoms with Crippen molar-refractivity contribution in [2.75, 3.05) is 31.8 Å². The Morgan fingerprint density at radius 3 is 2.53 bits per heavy atom. The lowest BCUT2D eigenvalue weighted by Gasteiger charge is -2.40. The van der Waals surface area contributed by atoms with E-state index in [4.69, 9.17) is 9.47 Å². The van der Waals surface area contributed by atoms with Gasteiger partial charge in [0.15, 0.2) is 0 Å². The van der Waals surface area contributed by atoms with Crippen LogP contribution in [0.1, 0.15) is 30.9 Å². The number of esters is 1. The number of halogens is 1. The largest absolute Gasteiger partial charge is 0.497 e. The zero-order chi connectivity index (χ0) is 30.7. The first-order chi connectivity index (χ1) is 20.8. The Labute approximate surface area is 265 Å². The number of allylic oxidation sites excluding steroid dienone is 1. The molecule has 8 nitrogen and oxygen atoms in total. The van der Waals surface area contributed by atoms with Crippen molar-refractivity contribution >= 4 is 51.2 Å². The molecule has 0 saturated carbocycles. The number of alkyl halides is 1. The number of methoxy groups -OCH3 is 1. The van der Waals surface area contributed by atoms with Crippen LogP contribution in [0.15, 0.2) is 79.9 Å². The predicted molar refractivity (Wildman–Crippen MR) is 171 cm³/mol. The minimum atomic E-state index is -0.946. The fraction of sp³-hybridized carbons (Fsp3) is 0.424. The van der Waals surface area contributed by atoms with Gasteiger partial charge in [0.1, 0.15) is 11.8 Å². The van der Waals surface area contributed by atoms with E-state index in [0.29, 0.717) is 36.3 Å². The van der Waals surface area contributed by atoms with Crippen LogP contribution >= 0.6 is 27.7 Å². The summed E-state index contributed by atoms with van der Waals surface area (Å²) < 4.78 is 10.1. The highest BCUT2D eigenvalue weighted by molar-refractivity contribution is 9.09. The standard InChI is InChI=1S/C33H37BrN2O6S/c1-4-6-10-18-42-32(40)26-27-30(38)36(25(20-37)21-11-8-7-9-12-21)29(33(27)19-24(34)28(26)43-33)31(39)35(17-5-2)22-13-15-23(41-3)16-14-22/h4-5,7-9,11-16,24-29,37H,1-2,6,10,17-20H2,3H3/t24?,25-,26+,27+,28+,29?,33?/m1/s1. The third-order valence-electron chi connectivity index (χ3n) is 8.68. The van der Waals surface area contributed by atoms with Crippen molar-refractivity contribution in [3.8, 4) is 5.75 Å². The summed E-state index contributed by atoms with van der Waals surface area (Å²) in [5, 5.41) is 10.5. The molecule has 10 heteroatoms. The van der Waals surface area contributed by atoms with Gasteiger partial charge >= 0.3 is 5.97 Å². The average Bonchev–Trinajstić information content (AvgIpc) is 3.62. The van der Waals surface area contributed by atoms with Gasteiger partial charge in [-0.1, -0.05) is 58.4 Å². The summed E-state index contributed by atoms with van der Waals surface area (Å²) in [5.74, 6) is -1.85. The van der Waals surface area contributed by atoms with Gasteiger partial charge < -0.3 is 24.4 Å². The number of unbranched alkanes of at least 4 members (excludes halogenated alkanes) is 1. The number of thioether (sulfide) groups is 1. The number of aliphatic hydroxyl groups is 1. The van der Waals surface area contributed by atoms with Crippen LogP contribution in [-0.4, -0.2) is 75.5 Å². The second-order valence-electron chi connectivity index (χ2n) is 11.1. The van der Waals surface area contributed by atoms with Gasteiger partial charge in [-0.25, -0.2) is 0 Å². The van der Waals surface area contributed by atoms with Crippen molar-refractivity contribution in [3.05, 3.63) is 85.5 Å². The Morgan fingerprint density at radius 1 is 1.19 bits per heavy atom. The highest BCUT2D eigenvalue weighted by Gasteiger charge is 2.76. The number of likely N-dealkylation sites (tertiary alicyclic amines) is 1. The van der Waals surface area contributed by atoms with Crippen LogP contribution in [0.3, 0.4) is 0 Å². The number of benzene rings is 2. The molecule has 228 valence electrons. The van der Waals surface area contributed by atoms with Crippen LogP contribution in [0.4, 0.5) is 5.69 Å². The fourth-order valence-corrected chi connectivity index (χ4v) is 10.4. The Morgan fingerprint density at radius 2 is 1.91 bits per heavy atom. The minimum Gasteiger partial charge on any atom is -0.497 e. The summed E-state index contributed by atoms with van der Waals surface area (Å²) in [7, 11) is 1.58. The van der Waals surface area contributed by atoms with Crippen molar-refractivity contribution in [3.63, 3.8) is 0 Å². The number of anilines is 1. The fourth-order valence-electron chi connectivity index (χ4n) is 6.84. The number of aliphatic hydroxyl groups excluding tert-OH is 1. The van der Waals surface area contributed by atoms with Gasteiger partial charge in [0, 0.05) is 22.3 Å². The van der Waals surface area contributed by atoms with E-state index in [1.54, 1.807) is 65.1 Å². The summed E-state index contributed by atoms with van der Waals surface area (Å²) in [6, 6.07) is 14.7. The number of hydrogen-bond donors (Lipinski definition) is 1. The summed E-state index contributed by atoms with van der Waals surface area (Å²) in [5.41, 5.74) is 1.34. The maximum atomic E-state index is 14.9. The first kappa shape index (κ1) is 31.3. The summed E-state index contributed by atoms with van der Waals surface area (Å²) >= 11 is 5.34. The second-order valence-corrected chi connectivity index (χ2v) is 13.8. The Hall–Kier alpha value is -3.08. The molecule has 5 rings (SSSR count). The summed E-state index contributed by atoms with van der Waals surface area (Å²) in [4.78, 5) is 46.2. The third kappa shape index (κ3) is 5.53. The molecule has 0 aromatic heterocycles. The van der Waals surface area contributed by atoms with Crippen LogP contribution in [-0.2, 0) is 19.1 Å². The van der Waals surface area contributed by atoms with E-state index < -0.39 is 34.6 Å². The highest BCUT2D eigenvalue weighted by Crippen LogP contribution is 2.68. The first-order valence-corrected chi connectivity index (χ1v) is 16.3. The van der Waals surface area contributed by atoms with Crippen LogP contribution in [0.25, 0.3) is 0 Å². The maximum absolute atomic E-state index is 14.9. The molecule has 7 atom stereocenters. The van der Waals surface area contributed by atoms with Gasteiger partial charge in [0.2, 0.25) is 5.91 Å². The topological polar surface area (TPSA) is 96.4 Å². The lowest BCUT2D eigenvalue weighted by molar-refractivity contribution is -0.154. The van der Waals surface area contributed by atoms with Crippen molar-refractivity contribution in [2.24, 2.45) is 11.8 Å². The number of fused-ring (bicyclic) bond motifs is 1. The summed E-state index contributed by atoms with van der Waals surface area (Å²) in [6.07, 6.45) is 5.30. The third-order valence-corrected chi connectivity index (χ3v) is 11.9. The smallest absolute Gasteiger partial charge is 0.310 e. The molecule has 2 amide bonds. The average molecular weight is 670 g/mol. The van der Waals surface area contributed by atoms with Crippen molar-refractivity contribution < 1.29 is 29.0 Å². The molecule has 0 aliphatic carbocycles. The van der Waals surface area contributed by atoms with Crippen LogP contribution in [0.2, 0.25) is 0 Å². The van der Waals surface area contributed by atoms with Gasteiger partial charge in [0.25, 0.3) is 5.91 Å². The molecular weight excluding hydrogens is 632 g/mol. The van der Waals surface area contributed by atoms with Crippen molar-refractivity contribution in [2.45, 2.75) is 46.2 Å². The molecule has 2 aromatic carbocycles. The zero-order valence-electron chi connectivity index (χ0n) is 24.1. The predicted octanol–water partition coefficient (Wildman–Crippen LogP) is 4.92. The van der Waals surface area contributed by atoms with Gasteiger partial charge in [-0.05, 0) is 49.1 Å². The minimum absolute atomic E-state index is 0.0966. The molecular formula is C33H37BrN2O6S. The molecule has 3 heterocycles. The molecule has 3 aliphatic heterocycles. The van der Waals surface area contributed by atoms with E-state index in [2.05, 4.69) is 29.1 Å². The van der Waals surface area contributed by atoms with E-state index >= 15 is 0 Å². The zero-order valence-corrected chi connectivity index (χ0v) is 26.5. The molecule has 3 fully saturated rings. The van der Waals surface area contributed by atoms with E-state index in [1.165, 1.54) is 0 Å². The number of amides is 2. The number of ether oxygens (including phenoxy) is 2. The second kappa shape index (κ2) is 13.3. The van der Waals surface area contributed by atoms with Gasteiger partial charge in [-0.3, -0.25) is 14.4 Å².